The van der Waals surface area contributed by atoms with Crippen LogP contribution in [0.5, 0.6) is 5.75 Å². The fourth-order valence-electron chi connectivity index (χ4n) is 2.47. The number of nitrogens with zero attached hydrogens (tertiary/aromatic N) is 3. The first-order chi connectivity index (χ1) is 13.1. The van der Waals surface area contributed by atoms with Crippen LogP contribution in [0.1, 0.15) is 11.3 Å². The summed E-state index contributed by atoms with van der Waals surface area (Å²) in [4.78, 5) is 15.0. The van der Waals surface area contributed by atoms with E-state index in [4.69, 9.17) is 12.6 Å². The van der Waals surface area contributed by atoms with Gasteiger partial charge in [0.05, 0.1) is 22.3 Å². The number of pyridine rings is 1. The quantitative estimate of drug-likeness (QED) is 0.135. The van der Waals surface area contributed by atoms with Crippen LogP contribution in [0.3, 0.4) is 0 Å². The van der Waals surface area contributed by atoms with Gasteiger partial charge in [0, 0.05) is 29.5 Å². The lowest BCUT2D eigenvalue weighted by molar-refractivity contribution is -0.384. The minimum atomic E-state index is -1.96. The van der Waals surface area contributed by atoms with E-state index in [0.717, 1.165) is 0 Å². The van der Waals surface area contributed by atoms with Crippen molar-refractivity contribution in [1.29, 1.82) is 0 Å². The highest BCUT2D eigenvalue weighted by molar-refractivity contribution is 8.16. The molecule has 1 atom stereocenters. The van der Waals surface area contributed by atoms with E-state index < -0.39 is 14.0 Å². The highest BCUT2D eigenvalue weighted by Gasteiger charge is 2.30. The van der Waals surface area contributed by atoms with Crippen molar-refractivity contribution in [3.05, 3.63) is 70.2 Å². The molecule has 0 aliphatic carbocycles. The van der Waals surface area contributed by atoms with Crippen molar-refractivity contribution in [2.24, 2.45) is 0 Å². The Kier molecular flexibility index (Phi) is 5.66. The maximum atomic E-state index is 11.1. The van der Waals surface area contributed by atoms with Crippen molar-refractivity contribution in [3.8, 4) is 17.0 Å². The molecule has 12 heteroatoms. The van der Waals surface area contributed by atoms with Crippen LogP contribution in [0, 0.1) is 10.1 Å². The third kappa shape index (κ3) is 4.46. The minimum Gasteiger partial charge on any atom is -0.456 e. The molecule has 1 unspecified atom stereocenters. The molecule has 3 rings (SSSR count). The van der Waals surface area contributed by atoms with Gasteiger partial charge in [-0.15, -0.1) is 37.9 Å². The predicted octanol–water partition coefficient (Wildman–Crippen LogP) is 2.52. The smallest absolute Gasteiger partial charge is 0.270 e. The van der Waals surface area contributed by atoms with Crippen LogP contribution in [0.25, 0.3) is 11.3 Å². The summed E-state index contributed by atoms with van der Waals surface area (Å²) in [6.45, 7) is 0. The number of aliphatic hydroxyl groups is 1. The molecular weight excluding hydrogens is 419 g/mol. The number of ether oxygens (including phenoxy) is 1. The Morgan fingerprint density at radius 3 is 2.61 bits per heavy atom. The van der Waals surface area contributed by atoms with E-state index >= 15 is 0 Å². The van der Waals surface area contributed by atoms with Crippen molar-refractivity contribution >= 4 is 51.4 Å². The standard InChI is InChI=1S/C16H13BN4O4S3/c17-15(22,10-7-18-19-8-10)13-5-4-12(25-16(26,27)28)14(20-13)9-2-1-3-11(6-9)21(23)24/h1-8,22,26-28H,(H,18,19). The molecule has 0 aliphatic rings. The monoisotopic (exact) mass is 432 g/mol. The number of nitrogens with one attached hydrogen (secondary N) is 1. The molecule has 2 heterocycles. The van der Waals surface area contributed by atoms with E-state index in [2.05, 4.69) is 53.1 Å². The molecule has 0 spiro atoms. The van der Waals surface area contributed by atoms with Crippen molar-refractivity contribution in [1.82, 2.24) is 15.2 Å². The van der Waals surface area contributed by atoms with Crippen molar-refractivity contribution in [2.45, 2.75) is 9.10 Å². The summed E-state index contributed by atoms with van der Waals surface area (Å²) < 4.78 is 4.12. The Labute approximate surface area is 177 Å². The lowest BCUT2D eigenvalue weighted by Crippen LogP contribution is -2.28. The predicted molar refractivity (Wildman–Crippen MR) is 114 cm³/mol. The molecule has 2 N–H and O–H groups in total. The average Bonchev–Trinajstić information content (AvgIpc) is 3.16. The Balaban J connectivity index is 2.17. The number of benzene rings is 1. The summed E-state index contributed by atoms with van der Waals surface area (Å²) in [5.74, 6) is 0.187. The number of thiol groups is 3. The van der Waals surface area contributed by atoms with Crippen LogP contribution in [0.2, 0.25) is 0 Å². The molecule has 0 saturated heterocycles. The van der Waals surface area contributed by atoms with Crippen molar-refractivity contribution in [3.63, 3.8) is 0 Å². The Morgan fingerprint density at radius 1 is 1.25 bits per heavy atom. The number of aromatic nitrogens is 3. The van der Waals surface area contributed by atoms with Gasteiger partial charge in [0.15, 0.2) is 0 Å². The number of non-ortho nitro benzene ring substituents is 1. The molecule has 2 aromatic heterocycles. The van der Waals surface area contributed by atoms with Gasteiger partial charge in [0.25, 0.3) is 5.69 Å². The number of nitro benzene ring substituents is 1. The molecule has 0 amide bonds. The van der Waals surface area contributed by atoms with Crippen LogP contribution in [0.15, 0.2) is 48.8 Å². The molecule has 0 saturated carbocycles. The van der Waals surface area contributed by atoms with Crippen LogP contribution in [-0.4, -0.2) is 36.7 Å². The fourth-order valence-corrected chi connectivity index (χ4v) is 2.76. The highest BCUT2D eigenvalue weighted by atomic mass is 32.2. The van der Waals surface area contributed by atoms with E-state index in [1.807, 2.05) is 0 Å². The Hall–Kier alpha value is -2.15. The third-order valence-corrected chi connectivity index (χ3v) is 4.04. The average molecular weight is 432 g/mol. The van der Waals surface area contributed by atoms with Crippen LogP contribution < -0.4 is 4.74 Å². The van der Waals surface area contributed by atoms with Gasteiger partial charge in [0.2, 0.25) is 3.60 Å². The van der Waals surface area contributed by atoms with Gasteiger partial charge < -0.3 is 9.84 Å². The second-order valence-corrected chi connectivity index (χ2v) is 8.73. The van der Waals surface area contributed by atoms with Crippen LogP contribution >= 0.6 is 37.9 Å². The van der Waals surface area contributed by atoms with Gasteiger partial charge in [-0.1, -0.05) is 12.1 Å². The molecule has 142 valence electrons. The number of aromatic amines is 1. The maximum Gasteiger partial charge on any atom is 0.270 e. The first-order valence-corrected chi connectivity index (χ1v) is 9.05. The second kappa shape index (κ2) is 7.70. The Bertz CT molecular complexity index is 1010. The van der Waals surface area contributed by atoms with Gasteiger partial charge in [0.1, 0.15) is 19.3 Å². The Morgan fingerprint density at radius 2 is 2.00 bits per heavy atom. The summed E-state index contributed by atoms with van der Waals surface area (Å²) in [5.41, 5.74) is -1.18. The molecule has 3 aromatic rings. The number of H-pyrrole nitrogens is 1. The number of hydrogen-bond donors (Lipinski definition) is 5. The van der Waals surface area contributed by atoms with Gasteiger partial charge in [-0.05, 0) is 12.1 Å². The first kappa shape index (κ1) is 20.6. The van der Waals surface area contributed by atoms with Crippen LogP contribution in [0.4, 0.5) is 5.69 Å². The molecule has 28 heavy (non-hydrogen) atoms. The first-order valence-electron chi connectivity index (χ1n) is 7.71. The second-order valence-electron chi connectivity index (χ2n) is 5.78. The molecular formula is C16H13BN4O4S3. The van der Waals surface area contributed by atoms with E-state index in [-0.39, 0.29) is 28.4 Å². The normalized spacial score (nSPS) is 13.7. The van der Waals surface area contributed by atoms with E-state index in [1.54, 1.807) is 6.07 Å². The van der Waals surface area contributed by atoms with Gasteiger partial charge in [-0.2, -0.15) is 5.10 Å². The largest absolute Gasteiger partial charge is 0.456 e. The maximum absolute atomic E-state index is 11.1. The SMILES string of the molecule is [B]C(O)(c1cn[nH]c1)c1ccc(OC(S)(S)S)c(-c2cccc([N+](=O)[O-])c2)n1. The summed E-state index contributed by atoms with van der Waals surface area (Å²) in [5, 5.41) is 28.2. The molecule has 0 aliphatic heterocycles. The fraction of sp³-hybridized carbons (Fsp3) is 0.125. The summed E-state index contributed by atoms with van der Waals surface area (Å²) >= 11 is 12.3. The lowest BCUT2D eigenvalue weighted by atomic mass is 9.74. The van der Waals surface area contributed by atoms with Crippen LogP contribution in [-0.2, 0) is 5.50 Å². The van der Waals surface area contributed by atoms with Crippen molar-refractivity contribution in [2.75, 3.05) is 0 Å². The van der Waals surface area contributed by atoms with Crippen molar-refractivity contribution < 1.29 is 14.8 Å². The summed E-state index contributed by atoms with van der Waals surface area (Å²) in [7, 11) is 6.04. The van der Waals surface area contributed by atoms with Gasteiger partial charge in [-0.3, -0.25) is 15.2 Å². The zero-order valence-corrected chi connectivity index (χ0v) is 16.7. The summed E-state index contributed by atoms with van der Waals surface area (Å²) in [6.07, 6.45) is 2.79. The van der Waals surface area contributed by atoms with E-state index in [1.165, 1.54) is 42.7 Å². The van der Waals surface area contributed by atoms with E-state index in [9.17, 15) is 15.2 Å². The topological polar surface area (TPSA) is 114 Å². The molecule has 8 nitrogen and oxygen atoms in total. The van der Waals surface area contributed by atoms with E-state index in [0.29, 0.717) is 5.56 Å². The zero-order chi connectivity index (χ0) is 20.5. The number of rotatable bonds is 6. The molecule has 1 aromatic carbocycles. The number of nitro groups is 1. The highest BCUT2D eigenvalue weighted by Crippen LogP contribution is 2.38. The molecule has 2 radical (unpaired) electrons. The minimum absolute atomic E-state index is 0.0749. The molecule has 0 fully saturated rings. The lowest BCUT2D eigenvalue weighted by Gasteiger charge is -2.25. The summed E-state index contributed by atoms with van der Waals surface area (Å²) in [6, 6.07) is 8.72. The molecule has 0 bridgehead atoms. The zero-order valence-electron chi connectivity index (χ0n) is 14.1. The number of hydrogen-bond acceptors (Lipinski definition) is 9. The third-order valence-electron chi connectivity index (χ3n) is 3.76. The van der Waals surface area contributed by atoms with Gasteiger partial charge in [-0.25, -0.2) is 4.98 Å². The van der Waals surface area contributed by atoms with Gasteiger partial charge >= 0.3 is 0 Å².